The zero-order chi connectivity index (χ0) is 17.4. The normalized spacial score (nSPS) is 14.8. The van der Waals surface area contributed by atoms with E-state index in [2.05, 4.69) is 47.9 Å². The average molecular weight is 448 g/mol. The van der Waals surface area contributed by atoms with E-state index in [0.29, 0.717) is 6.42 Å². The van der Waals surface area contributed by atoms with Crippen molar-refractivity contribution in [1.82, 2.24) is 9.97 Å². The Balaban J connectivity index is 0.000000185. The molecule has 1 saturated carbocycles. The molecule has 6 heteroatoms. The second-order valence-electron chi connectivity index (χ2n) is 5.57. The maximum absolute atomic E-state index is 9.24. The summed E-state index contributed by atoms with van der Waals surface area (Å²) in [4.78, 5) is 8.33. The van der Waals surface area contributed by atoms with Crippen molar-refractivity contribution in [2.75, 3.05) is 0 Å². The molecule has 0 saturated heterocycles. The van der Waals surface area contributed by atoms with Gasteiger partial charge in [0, 0.05) is 21.3 Å². The molecule has 2 aromatic rings. The quantitative estimate of drug-likeness (QED) is 0.642. The summed E-state index contributed by atoms with van der Waals surface area (Å²) in [5.74, 6) is 0. The maximum atomic E-state index is 9.24. The highest BCUT2D eigenvalue weighted by atomic mass is 79.9. The highest BCUT2D eigenvalue weighted by Gasteiger charge is 2.36. The van der Waals surface area contributed by atoms with Crippen LogP contribution < -0.4 is 0 Å². The molecule has 0 amide bonds. The molecule has 122 valence electrons. The molecule has 0 bridgehead atoms. The summed E-state index contributed by atoms with van der Waals surface area (Å²) in [7, 11) is 0. The molecular weight excluding hydrogens is 432 g/mol. The van der Waals surface area contributed by atoms with E-state index in [1.165, 1.54) is 0 Å². The van der Waals surface area contributed by atoms with Crippen LogP contribution in [0, 0.1) is 22.7 Å². The van der Waals surface area contributed by atoms with Gasteiger partial charge in [0.1, 0.15) is 0 Å². The monoisotopic (exact) mass is 446 g/mol. The van der Waals surface area contributed by atoms with Crippen LogP contribution in [0.2, 0.25) is 0 Å². The third kappa shape index (κ3) is 4.87. The number of nitriles is 2. The van der Waals surface area contributed by atoms with Crippen LogP contribution in [-0.4, -0.2) is 9.97 Å². The first kappa shape index (κ1) is 18.6. The fourth-order valence-corrected chi connectivity index (χ4v) is 3.12. The molecule has 24 heavy (non-hydrogen) atoms. The van der Waals surface area contributed by atoms with Crippen molar-refractivity contribution >= 4 is 31.9 Å². The summed E-state index contributed by atoms with van der Waals surface area (Å²) in [5.41, 5.74) is 1.44. The summed E-state index contributed by atoms with van der Waals surface area (Å²) in [6.45, 7) is 0. The van der Waals surface area contributed by atoms with E-state index in [4.69, 9.17) is 5.26 Å². The van der Waals surface area contributed by atoms with Crippen LogP contribution in [0.5, 0.6) is 0 Å². The van der Waals surface area contributed by atoms with Gasteiger partial charge in [-0.1, -0.05) is 12.8 Å². The van der Waals surface area contributed by atoms with Gasteiger partial charge in [0.2, 0.25) is 0 Å². The van der Waals surface area contributed by atoms with Gasteiger partial charge in [0.15, 0.2) is 0 Å². The van der Waals surface area contributed by atoms with Crippen molar-refractivity contribution in [3.63, 3.8) is 0 Å². The van der Waals surface area contributed by atoms with Gasteiger partial charge >= 0.3 is 0 Å². The van der Waals surface area contributed by atoms with Crippen LogP contribution in [0.4, 0.5) is 0 Å². The highest BCUT2D eigenvalue weighted by molar-refractivity contribution is 9.10. The molecular formula is C18H16Br2N4. The van der Waals surface area contributed by atoms with Gasteiger partial charge in [0.25, 0.3) is 0 Å². The van der Waals surface area contributed by atoms with Crippen molar-refractivity contribution < 1.29 is 0 Å². The number of hydrogen-bond donors (Lipinski definition) is 0. The smallest absolute Gasteiger partial charge is 0.0993 e. The van der Waals surface area contributed by atoms with Crippen LogP contribution >= 0.6 is 31.9 Å². The van der Waals surface area contributed by atoms with E-state index in [1.807, 2.05) is 30.3 Å². The molecule has 0 N–H and O–H groups in total. The Morgan fingerprint density at radius 2 is 1.58 bits per heavy atom. The second-order valence-corrected chi connectivity index (χ2v) is 7.40. The SMILES string of the molecule is N#CC1(c2ccc(Br)cn2)CCCC1.N#CCc1ccc(Br)cn1. The zero-order valence-electron chi connectivity index (χ0n) is 13.0. The fraction of sp³-hybridized carbons (Fsp3) is 0.333. The summed E-state index contributed by atoms with van der Waals surface area (Å²) < 4.78 is 1.90. The van der Waals surface area contributed by atoms with E-state index in [0.717, 1.165) is 46.0 Å². The molecule has 0 atom stereocenters. The molecule has 0 spiro atoms. The van der Waals surface area contributed by atoms with Crippen molar-refractivity contribution in [1.29, 1.82) is 10.5 Å². The van der Waals surface area contributed by atoms with Gasteiger partial charge in [-0.25, -0.2) is 0 Å². The molecule has 0 radical (unpaired) electrons. The fourth-order valence-electron chi connectivity index (χ4n) is 2.65. The van der Waals surface area contributed by atoms with Crippen molar-refractivity contribution in [2.45, 2.75) is 37.5 Å². The predicted molar refractivity (Wildman–Crippen MR) is 99.0 cm³/mol. The van der Waals surface area contributed by atoms with Crippen LogP contribution in [0.1, 0.15) is 37.1 Å². The largest absolute Gasteiger partial charge is 0.259 e. The summed E-state index contributed by atoms with van der Waals surface area (Å²) in [6.07, 6.45) is 8.04. The lowest BCUT2D eigenvalue weighted by Crippen LogP contribution is -2.20. The van der Waals surface area contributed by atoms with E-state index in [9.17, 15) is 5.26 Å². The minimum Gasteiger partial charge on any atom is -0.259 e. The zero-order valence-corrected chi connectivity index (χ0v) is 16.2. The molecule has 4 nitrogen and oxygen atoms in total. The number of halogens is 2. The van der Waals surface area contributed by atoms with Gasteiger partial charge in [-0.05, 0) is 69.0 Å². The van der Waals surface area contributed by atoms with Crippen molar-refractivity contribution in [3.05, 3.63) is 57.0 Å². The van der Waals surface area contributed by atoms with Crippen LogP contribution in [-0.2, 0) is 11.8 Å². The molecule has 2 heterocycles. The Bertz CT molecular complexity index is 737. The molecule has 2 aromatic heterocycles. The lowest BCUT2D eigenvalue weighted by Gasteiger charge is -2.18. The lowest BCUT2D eigenvalue weighted by atomic mass is 9.84. The Morgan fingerprint density at radius 1 is 0.958 bits per heavy atom. The van der Waals surface area contributed by atoms with Crippen molar-refractivity contribution in [2.24, 2.45) is 0 Å². The highest BCUT2D eigenvalue weighted by Crippen LogP contribution is 2.39. The molecule has 0 aromatic carbocycles. The van der Waals surface area contributed by atoms with Crippen molar-refractivity contribution in [3.8, 4) is 12.1 Å². The van der Waals surface area contributed by atoms with Gasteiger partial charge in [-0.2, -0.15) is 10.5 Å². The summed E-state index contributed by atoms with van der Waals surface area (Å²) in [6, 6.07) is 12.1. The van der Waals surface area contributed by atoms with Gasteiger partial charge in [0.05, 0.1) is 35.4 Å². The summed E-state index contributed by atoms with van der Waals surface area (Å²) >= 11 is 6.60. The Morgan fingerprint density at radius 3 is 2.04 bits per heavy atom. The number of pyridine rings is 2. The number of nitrogens with zero attached hydrogens (tertiary/aromatic N) is 4. The standard InChI is InChI=1S/C11H11BrN2.C7H5BrN2/c12-9-3-4-10(14-7-9)11(8-13)5-1-2-6-11;8-6-1-2-7(3-4-9)10-5-6/h3-4,7H,1-2,5-6H2;1-2,5H,3H2. The van der Waals surface area contributed by atoms with E-state index < -0.39 is 0 Å². The first-order chi connectivity index (χ1) is 11.6. The van der Waals surface area contributed by atoms with E-state index >= 15 is 0 Å². The van der Waals surface area contributed by atoms with Crippen LogP contribution in [0.3, 0.4) is 0 Å². The molecule has 1 aliphatic rings. The van der Waals surface area contributed by atoms with E-state index in [-0.39, 0.29) is 5.41 Å². The third-order valence-electron chi connectivity index (χ3n) is 3.94. The van der Waals surface area contributed by atoms with Crippen LogP contribution in [0.25, 0.3) is 0 Å². The predicted octanol–water partition coefficient (Wildman–Crippen LogP) is 5.09. The first-order valence-corrected chi connectivity index (χ1v) is 9.19. The number of aromatic nitrogens is 2. The van der Waals surface area contributed by atoms with Gasteiger partial charge in [-0.15, -0.1) is 0 Å². The maximum Gasteiger partial charge on any atom is 0.0993 e. The van der Waals surface area contributed by atoms with Crippen LogP contribution in [0.15, 0.2) is 45.6 Å². The molecule has 3 rings (SSSR count). The molecule has 0 aliphatic heterocycles. The third-order valence-corrected chi connectivity index (χ3v) is 4.88. The topological polar surface area (TPSA) is 73.4 Å². The Labute approximate surface area is 158 Å². The van der Waals surface area contributed by atoms with Gasteiger partial charge in [-0.3, -0.25) is 9.97 Å². The first-order valence-electron chi connectivity index (χ1n) is 7.60. The van der Waals surface area contributed by atoms with Gasteiger partial charge < -0.3 is 0 Å². The number of hydrogen-bond acceptors (Lipinski definition) is 4. The molecule has 1 fully saturated rings. The second kappa shape index (κ2) is 8.92. The molecule has 0 unspecified atom stereocenters. The lowest BCUT2D eigenvalue weighted by molar-refractivity contribution is 0.554. The minimum absolute atomic E-state index is 0.305. The Kier molecular flexibility index (Phi) is 6.90. The van der Waals surface area contributed by atoms with E-state index in [1.54, 1.807) is 12.4 Å². The average Bonchev–Trinajstić information content (AvgIpc) is 3.09. The summed E-state index contributed by atoms with van der Waals surface area (Å²) in [5, 5.41) is 17.5. The Hall–Kier alpha value is -1.76. The number of rotatable bonds is 2. The molecule has 1 aliphatic carbocycles. The minimum atomic E-state index is -0.305.